The van der Waals surface area contributed by atoms with Crippen molar-refractivity contribution in [2.45, 2.75) is 18.2 Å². The van der Waals surface area contributed by atoms with Crippen LogP contribution in [0.25, 0.3) is 0 Å². The van der Waals surface area contributed by atoms with E-state index in [9.17, 15) is 8.42 Å². The van der Waals surface area contributed by atoms with E-state index in [1.807, 2.05) is 6.07 Å². The van der Waals surface area contributed by atoms with Gasteiger partial charge in [-0.05, 0) is 18.2 Å². The van der Waals surface area contributed by atoms with Gasteiger partial charge >= 0.3 is 0 Å². The zero-order valence-corrected chi connectivity index (χ0v) is 9.74. The minimum atomic E-state index is -3.76. The summed E-state index contributed by atoms with van der Waals surface area (Å²) in [4.78, 5) is 0. The number of hydrogen-bond donors (Lipinski definition) is 2. The van der Waals surface area contributed by atoms with Crippen molar-refractivity contribution in [3.8, 4) is 0 Å². The van der Waals surface area contributed by atoms with Crippen molar-refractivity contribution in [1.82, 2.24) is 5.32 Å². The summed E-state index contributed by atoms with van der Waals surface area (Å²) in [7, 11) is -3.76. The first-order chi connectivity index (χ1) is 8.05. The molecule has 17 heavy (non-hydrogen) atoms. The summed E-state index contributed by atoms with van der Waals surface area (Å²) in [6.07, 6.45) is 3.22. The van der Waals surface area contributed by atoms with Gasteiger partial charge in [0, 0.05) is 12.1 Å². The number of hydrogen-bond acceptors (Lipinski definition) is 5. The molecule has 0 saturated heterocycles. The van der Waals surface area contributed by atoms with Crippen molar-refractivity contribution in [2.24, 2.45) is 5.14 Å². The molecule has 0 saturated carbocycles. The minimum Gasteiger partial charge on any atom is -0.472 e. The Labute approximate surface area is 98.5 Å². The predicted molar refractivity (Wildman–Crippen MR) is 59.3 cm³/mol. The Bertz CT molecular complexity index is 571. The van der Waals surface area contributed by atoms with Crippen LogP contribution in [-0.4, -0.2) is 8.42 Å². The van der Waals surface area contributed by atoms with Crippen LogP contribution in [0.1, 0.15) is 11.3 Å². The molecule has 0 radical (unpaired) electrons. The third-order valence-electron chi connectivity index (χ3n) is 2.13. The van der Waals surface area contributed by atoms with Crippen LogP contribution >= 0.6 is 0 Å². The lowest BCUT2D eigenvalue weighted by atomic mass is 10.3. The highest BCUT2D eigenvalue weighted by Crippen LogP contribution is 2.12. The van der Waals surface area contributed by atoms with E-state index in [-0.39, 0.29) is 5.09 Å². The van der Waals surface area contributed by atoms with Gasteiger partial charge in [0.2, 0.25) is 5.09 Å². The molecule has 0 aliphatic rings. The summed E-state index contributed by atoms with van der Waals surface area (Å²) in [5.41, 5.74) is 1.00. The standard InChI is InChI=1S/C10H12N2O4S/c11-17(13,14)10-2-1-9(16-10)6-12-5-8-3-4-15-7-8/h1-4,7,12H,5-6H2,(H2,11,13,14). The molecule has 0 bridgehead atoms. The van der Waals surface area contributed by atoms with E-state index < -0.39 is 10.0 Å². The van der Waals surface area contributed by atoms with Crippen molar-refractivity contribution in [1.29, 1.82) is 0 Å². The van der Waals surface area contributed by atoms with E-state index >= 15 is 0 Å². The van der Waals surface area contributed by atoms with Gasteiger partial charge in [-0.15, -0.1) is 0 Å². The predicted octanol–water partition coefficient (Wildman–Crippen LogP) is 0.810. The maximum Gasteiger partial charge on any atom is 0.271 e. The van der Waals surface area contributed by atoms with Gasteiger partial charge in [0.1, 0.15) is 5.76 Å². The van der Waals surface area contributed by atoms with Gasteiger partial charge in [-0.1, -0.05) is 0 Å². The van der Waals surface area contributed by atoms with Crippen LogP contribution in [0.5, 0.6) is 0 Å². The highest BCUT2D eigenvalue weighted by Gasteiger charge is 2.12. The molecule has 0 aromatic carbocycles. The van der Waals surface area contributed by atoms with E-state index in [0.29, 0.717) is 18.8 Å². The molecular weight excluding hydrogens is 244 g/mol. The summed E-state index contributed by atoms with van der Waals surface area (Å²) in [5, 5.41) is 7.78. The highest BCUT2D eigenvalue weighted by molar-refractivity contribution is 7.89. The monoisotopic (exact) mass is 256 g/mol. The topological polar surface area (TPSA) is 98.5 Å². The number of primary sulfonamides is 1. The Balaban J connectivity index is 1.90. The molecule has 2 rings (SSSR count). The fraction of sp³-hybridized carbons (Fsp3) is 0.200. The molecule has 0 atom stereocenters. The molecule has 0 amide bonds. The smallest absolute Gasteiger partial charge is 0.271 e. The molecule has 0 fully saturated rings. The number of furan rings is 2. The Hall–Kier alpha value is -1.57. The van der Waals surface area contributed by atoms with Crippen LogP contribution in [0, 0.1) is 0 Å². The fourth-order valence-corrected chi connectivity index (χ4v) is 1.81. The van der Waals surface area contributed by atoms with E-state index in [1.54, 1.807) is 18.6 Å². The zero-order valence-electron chi connectivity index (χ0n) is 8.92. The molecule has 0 aliphatic heterocycles. The van der Waals surface area contributed by atoms with Crippen LogP contribution in [0.2, 0.25) is 0 Å². The van der Waals surface area contributed by atoms with Gasteiger partial charge in [-0.2, -0.15) is 0 Å². The number of sulfonamides is 1. The van der Waals surface area contributed by atoms with Gasteiger partial charge in [0.25, 0.3) is 10.0 Å². The van der Waals surface area contributed by atoms with Crippen LogP contribution in [0.15, 0.2) is 44.7 Å². The van der Waals surface area contributed by atoms with Crippen LogP contribution in [0.4, 0.5) is 0 Å². The van der Waals surface area contributed by atoms with Crippen molar-refractivity contribution in [3.05, 3.63) is 42.0 Å². The molecule has 2 aromatic heterocycles. The first kappa shape index (κ1) is 11.9. The van der Waals surface area contributed by atoms with E-state index in [4.69, 9.17) is 14.0 Å². The van der Waals surface area contributed by atoms with Crippen molar-refractivity contribution in [3.63, 3.8) is 0 Å². The molecule has 0 aliphatic carbocycles. The third kappa shape index (κ3) is 3.19. The van der Waals surface area contributed by atoms with Crippen LogP contribution in [0.3, 0.4) is 0 Å². The summed E-state index contributed by atoms with van der Waals surface area (Å²) >= 11 is 0. The van der Waals surface area contributed by atoms with Gasteiger partial charge in [0.15, 0.2) is 0 Å². The largest absolute Gasteiger partial charge is 0.472 e. The third-order valence-corrected chi connectivity index (χ3v) is 2.91. The second-order valence-electron chi connectivity index (χ2n) is 3.50. The summed E-state index contributed by atoms with van der Waals surface area (Å²) in [5.74, 6) is 0.512. The lowest BCUT2D eigenvalue weighted by Crippen LogP contribution is -2.12. The average molecular weight is 256 g/mol. The molecule has 7 heteroatoms. The van der Waals surface area contributed by atoms with E-state index in [1.165, 1.54) is 6.07 Å². The number of nitrogens with one attached hydrogen (secondary N) is 1. The van der Waals surface area contributed by atoms with Crippen molar-refractivity contribution >= 4 is 10.0 Å². The summed E-state index contributed by atoms with van der Waals surface area (Å²) in [6, 6.07) is 4.75. The number of nitrogens with two attached hydrogens (primary N) is 1. The molecule has 2 heterocycles. The summed E-state index contributed by atoms with van der Waals surface area (Å²) < 4.78 is 31.9. The molecule has 3 N–H and O–H groups in total. The van der Waals surface area contributed by atoms with Crippen LogP contribution in [-0.2, 0) is 23.1 Å². The zero-order chi connectivity index (χ0) is 12.3. The molecular formula is C10H12N2O4S. The maximum absolute atomic E-state index is 11.0. The molecule has 0 spiro atoms. The average Bonchev–Trinajstić information content (AvgIpc) is 2.86. The molecule has 2 aromatic rings. The minimum absolute atomic E-state index is 0.224. The summed E-state index contributed by atoms with van der Waals surface area (Å²) in [6.45, 7) is 1.03. The van der Waals surface area contributed by atoms with Crippen molar-refractivity contribution in [2.75, 3.05) is 0 Å². The van der Waals surface area contributed by atoms with E-state index in [0.717, 1.165) is 5.56 Å². The Morgan fingerprint density at radius 3 is 2.65 bits per heavy atom. The van der Waals surface area contributed by atoms with E-state index in [2.05, 4.69) is 5.32 Å². The second kappa shape index (κ2) is 4.74. The lowest BCUT2D eigenvalue weighted by Gasteiger charge is -1.99. The van der Waals surface area contributed by atoms with Crippen LogP contribution < -0.4 is 10.5 Å². The quantitative estimate of drug-likeness (QED) is 0.824. The first-order valence-electron chi connectivity index (χ1n) is 4.89. The van der Waals surface area contributed by atoms with Gasteiger partial charge in [-0.25, -0.2) is 13.6 Å². The normalized spacial score (nSPS) is 11.8. The highest BCUT2D eigenvalue weighted by atomic mass is 32.2. The van der Waals surface area contributed by atoms with Crippen molar-refractivity contribution < 1.29 is 17.3 Å². The lowest BCUT2D eigenvalue weighted by molar-refractivity contribution is 0.402. The van der Waals surface area contributed by atoms with Gasteiger partial charge in [0.05, 0.1) is 19.1 Å². The van der Waals surface area contributed by atoms with Gasteiger partial charge in [-0.3, -0.25) is 0 Å². The Morgan fingerprint density at radius 1 is 1.24 bits per heavy atom. The molecule has 6 nitrogen and oxygen atoms in total. The maximum atomic E-state index is 11.0. The Kier molecular flexibility index (Phi) is 3.32. The molecule has 92 valence electrons. The Morgan fingerprint density at radius 2 is 2.06 bits per heavy atom. The SMILES string of the molecule is NS(=O)(=O)c1ccc(CNCc2ccoc2)o1. The molecule has 0 unspecified atom stereocenters. The second-order valence-corrected chi connectivity index (χ2v) is 4.99. The van der Waals surface area contributed by atoms with Gasteiger partial charge < -0.3 is 14.2 Å². The number of rotatable bonds is 5. The fourth-order valence-electron chi connectivity index (χ4n) is 1.33. The first-order valence-corrected chi connectivity index (χ1v) is 6.43.